The zero-order valence-electron chi connectivity index (χ0n) is 11.9. The number of fused-ring (bicyclic) bond motifs is 6. The van der Waals surface area contributed by atoms with Crippen molar-refractivity contribution in [2.24, 2.45) is 0 Å². The molecule has 0 saturated carbocycles. The number of rotatable bonds is 0. The molecule has 1 fully saturated rings. The second-order valence-electron chi connectivity index (χ2n) is 5.94. The van der Waals surface area contributed by atoms with Crippen LogP contribution in [0.3, 0.4) is 0 Å². The van der Waals surface area contributed by atoms with Crippen LogP contribution in [0.4, 0.5) is 0 Å². The number of amides is 2. The topological polar surface area (TPSA) is 46.2 Å². The molecule has 0 spiro atoms. The van der Waals surface area contributed by atoms with E-state index in [9.17, 15) is 9.59 Å². The molecule has 1 aliphatic carbocycles. The van der Waals surface area contributed by atoms with Gasteiger partial charge in [-0.25, -0.2) is 0 Å². The third-order valence-electron chi connectivity index (χ3n) is 4.56. The van der Waals surface area contributed by atoms with Gasteiger partial charge in [-0.2, -0.15) is 0 Å². The smallest absolute Gasteiger partial charge is 0.235 e. The number of benzene rings is 2. The van der Waals surface area contributed by atoms with Crippen molar-refractivity contribution < 1.29 is 9.59 Å². The Morgan fingerprint density at radius 2 is 1.57 bits per heavy atom. The van der Waals surface area contributed by atoms with Crippen molar-refractivity contribution in [1.82, 2.24) is 5.32 Å². The van der Waals surface area contributed by atoms with Crippen molar-refractivity contribution in [3.8, 4) is 11.1 Å². The van der Waals surface area contributed by atoms with E-state index < -0.39 is 0 Å². The highest BCUT2D eigenvalue weighted by atomic mass is 16.2. The fraction of sp³-hybridized carbons (Fsp3) is 0.222. The molecule has 21 heavy (non-hydrogen) atoms. The highest BCUT2D eigenvalue weighted by Crippen LogP contribution is 2.50. The van der Waals surface area contributed by atoms with Crippen LogP contribution in [-0.4, -0.2) is 11.8 Å². The third kappa shape index (κ3) is 1.54. The van der Waals surface area contributed by atoms with Gasteiger partial charge >= 0.3 is 0 Å². The predicted octanol–water partition coefficient (Wildman–Crippen LogP) is 2.81. The molecule has 3 nitrogen and oxygen atoms in total. The number of hydrogen-bond acceptors (Lipinski definition) is 2. The minimum absolute atomic E-state index is 0.175. The van der Waals surface area contributed by atoms with Crippen molar-refractivity contribution in [3.63, 3.8) is 0 Å². The summed E-state index contributed by atoms with van der Waals surface area (Å²) in [6.07, 6.45) is 0. The average molecular weight is 277 g/mol. The number of imide groups is 1. The summed E-state index contributed by atoms with van der Waals surface area (Å²) in [6.45, 7) is 4.09. The maximum absolute atomic E-state index is 12.3. The van der Waals surface area contributed by atoms with Crippen LogP contribution >= 0.6 is 0 Å². The Kier molecular flexibility index (Phi) is 2.37. The van der Waals surface area contributed by atoms with Gasteiger partial charge in [0.25, 0.3) is 0 Å². The molecule has 1 saturated heterocycles. The lowest BCUT2D eigenvalue weighted by Gasteiger charge is -2.29. The highest BCUT2D eigenvalue weighted by Gasteiger charge is 2.48. The van der Waals surface area contributed by atoms with Crippen LogP contribution in [0, 0.1) is 13.8 Å². The highest BCUT2D eigenvalue weighted by molar-refractivity contribution is 6.13. The van der Waals surface area contributed by atoms with Crippen molar-refractivity contribution in [1.29, 1.82) is 0 Å². The summed E-state index contributed by atoms with van der Waals surface area (Å²) in [5.74, 6) is -1.13. The number of aryl methyl sites for hydroxylation is 2. The van der Waals surface area contributed by atoms with Gasteiger partial charge in [0.1, 0.15) is 0 Å². The SMILES string of the molecule is Cc1cc(C)c2c(c1)C1C(=O)NC(=O)C1c1ccccc1-2. The van der Waals surface area contributed by atoms with Crippen LogP contribution < -0.4 is 5.32 Å². The summed E-state index contributed by atoms with van der Waals surface area (Å²) in [5.41, 5.74) is 6.42. The van der Waals surface area contributed by atoms with Gasteiger partial charge in [-0.3, -0.25) is 14.9 Å². The molecule has 104 valence electrons. The second-order valence-corrected chi connectivity index (χ2v) is 5.94. The maximum Gasteiger partial charge on any atom is 0.235 e. The predicted molar refractivity (Wildman–Crippen MR) is 80.0 cm³/mol. The first kappa shape index (κ1) is 12.3. The molecule has 4 rings (SSSR count). The van der Waals surface area contributed by atoms with Gasteiger partial charge in [0, 0.05) is 0 Å². The lowest BCUT2D eigenvalue weighted by atomic mass is 9.71. The van der Waals surface area contributed by atoms with E-state index in [1.807, 2.05) is 37.3 Å². The monoisotopic (exact) mass is 277 g/mol. The molecule has 0 aromatic heterocycles. The number of nitrogens with one attached hydrogen (secondary N) is 1. The zero-order chi connectivity index (χ0) is 14.7. The van der Waals surface area contributed by atoms with Gasteiger partial charge < -0.3 is 0 Å². The van der Waals surface area contributed by atoms with Crippen LogP contribution in [0.25, 0.3) is 11.1 Å². The van der Waals surface area contributed by atoms with Gasteiger partial charge in [0.2, 0.25) is 11.8 Å². The molecule has 1 aliphatic heterocycles. The minimum Gasteiger partial charge on any atom is -0.295 e. The van der Waals surface area contributed by atoms with Crippen LogP contribution in [-0.2, 0) is 9.59 Å². The van der Waals surface area contributed by atoms with Crippen molar-refractivity contribution in [2.45, 2.75) is 25.7 Å². The molecule has 2 aliphatic rings. The van der Waals surface area contributed by atoms with E-state index in [0.29, 0.717) is 0 Å². The lowest BCUT2D eigenvalue weighted by Crippen LogP contribution is -2.21. The van der Waals surface area contributed by atoms with Gasteiger partial charge in [-0.05, 0) is 41.7 Å². The molecule has 2 amide bonds. The number of hydrogen-bond donors (Lipinski definition) is 1. The summed E-state index contributed by atoms with van der Waals surface area (Å²) in [4.78, 5) is 24.5. The first-order valence-electron chi connectivity index (χ1n) is 7.13. The minimum atomic E-state index is -0.388. The van der Waals surface area contributed by atoms with Crippen molar-refractivity contribution >= 4 is 11.8 Å². The molecule has 2 aromatic rings. The molecule has 2 atom stereocenters. The summed E-state index contributed by atoms with van der Waals surface area (Å²) in [5, 5.41) is 2.50. The van der Waals surface area contributed by atoms with Gasteiger partial charge in [-0.1, -0.05) is 42.0 Å². The van der Waals surface area contributed by atoms with E-state index in [4.69, 9.17) is 0 Å². The maximum atomic E-state index is 12.3. The Balaban J connectivity index is 2.12. The standard InChI is InChI=1S/C18H15NO2/c1-9-7-10(2)14-11-5-3-4-6-12(11)15-16(13(14)8-9)18(21)19-17(15)20/h3-8,15-16H,1-2H3,(H,19,20,21). The van der Waals surface area contributed by atoms with Crippen molar-refractivity contribution in [3.05, 3.63) is 58.7 Å². The average Bonchev–Trinajstić information content (AvgIpc) is 2.74. The molecular weight excluding hydrogens is 262 g/mol. The van der Waals surface area contributed by atoms with E-state index in [0.717, 1.165) is 33.4 Å². The summed E-state index contributed by atoms with van der Waals surface area (Å²) in [7, 11) is 0. The summed E-state index contributed by atoms with van der Waals surface area (Å²) >= 11 is 0. The number of carbonyl (C=O) groups excluding carboxylic acids is 2. The first-order chi connectivity index (χ1) is 10.1. The van der Waals surface area contributed by atoms with Gasteiger partial charge in [-0.15, -0.1) is 0 Å². The Hall–Kier alpha value is -2.42. The summed E-state index contributed by atoms with van der Waals surface area (Å²) in [6, 6.07) is 12.1. The van der Waals surface area contributed by atoms with Crippen LogP contribution in [0.2, 0.25) is 0 Å². The summed E-state index contributed by atoms with van der Waals surface area (Å²) < 4.78 is 0. The molecule has 2 unspecified atom stereocenters. The molecular formula is C18H15NO2. The Morgan fingerprint density at radius 3 is 2.33 bits per heavy atom. The van der Waals surface area contributed by atoms with Crippen LogP contribution in [0.15, 0.2) is 36.4 Å². The van der Waals surface area contributed by atoms with E-state index in [-0.39, 0.29) is 23.7 Å². The molecule has 1 N–H and O–H groups in total. The first-order valence-corrected chi connectivity index (χ1v) is 7.13. The van der Waals surface area contributed by atoms with E-state index in [2.05, 4.69) is 18.3 Å². The Labute approximate surface area is 123 Å². The van der Waals surface area contributed by atoms with Crippen LogP contribution in [0.1, 0.15) is 34.1 Å². The van der Waals surface area contributed by atoms with Gasteiger partial charge in [0.15, 0.2) is 0 Å². The molecule has 0 bridgehead atoms. The molecule has 0 radical (unpaired) electrons. The molecule has 2 aromatic carbocycles. The number of carbonyl (C=O) groups is 2. The fourth-order valence-corrected chi connectivity index (χ4v) is 3.83. The van der Waals surface area contributed by atoms with E-state index in [1.54, 1.807) is 0 Å². The van der Waals surface area contributed by atoms with Crippen molar-refractivity contribution in [2.75, 3.05) is 0 Å². The normalized spacial score (nSPS) is 22.4. The molecule has 1 heterocycles. The molecule has 3 heteroatoms. The third-order valence-corrected chi connectivity index (χ3v) is 4.56. The lowest BCUT2D eigenvalue weighted by molar-refractivity contribution is -0.125. The zero-order valence-corrected chi connectivity index (χ0v) is 11.9. The Morgan fingerprint density at radius 1 is 0.905 bits per heavy atom. The fourth-order valence-electron chi connectivity index (χ4n) is 3.83. The quantitative estimate of drug-likeness (QED) is 0.753. The Bertz CT molecular complexity index is 807. The van der Waals surface area contributed by atoms with E-state index in [1.165, 1.54) is 0 Å². The largest absolute Gasteiger partial charge is 0.295 e. The second kappa shape index (κ2) is 4.04. The van der Waals surface area contributed by atoms with Gasteiger partial charge in [0.05, 0.1) is 11.8 Å². The van der Waals surface area contributed by atoms with Crippen LogP contribution in [0.5, 0.6) is 0 Å². The van der Waals surface area contributed by atoms with E-state index >= 15 is 0 Å².